The number of hydrogen-bond acceptors (Lipinski definition) is 8. The lowest BCUT2D eigenvalue weighted by Crippen LogP contribution is -2.14. The molecular formula is C25H22F2N6O2S. The molecule has 0 aliphatic heterocycles. The van der Waals surface area contributed by atoms with E-state index in [-0.39, 0.29) is 22.0 Å². The minimum atomic E-state index is -2.81. The zero-order chi connectivity index (χ0) is 25.7. The molecule has 0 unspecified atom stereocenters. The van der Waals surface area contributed by atoms with Gasteiger partial charge < -0.3 is 10.5 Å². The van der Waals surface area contributed by atoms with E-state index in [1.165, 1.54) is 25.6 Å². The van der Waals surface area contributed by atoms with Gasteiger partial charge in [0.1, 0.15) is 11.4 Å². The fraction of sp³-hybridized carbons (Fsp3) is 0.240. The van der Waals surface area contributed by atoms with Crippen LogP contribution in [0.2, 0.25) is 0 Å². The van der Waals surface area contributed by atoms with Gasteiger partial charge in [0.25, 0.3) is 12.3 Å². The molecule has 3 aromatic rings. The van der Waals surface area contributed by atoms with Crippen molar-refractivity contribution in [3.63, 3.8) is 0 Å². The number of nitrogens with zero attached hydrogens (tertiary/aromatic N) is 4. The minimum absolute atomic E-state index is 0.196. The summed E-state index contributed by atoms with van der Waals surface area (Å²) in [5.74, 6) is 6.18. The van der Waals surface area contributed by atoms with Gasteiger partial charge in [-0.2, -0.15) is 0 Å². The number of aromatic nitrogens is 3. The van der Waals surface area contributed by atoms with Gasteiger partial charge in [0.15, 0.2) is 5.01 Å². The Hall–Kier alpha value is -4.17. The Bertz CT molecular complexity index is 1400. The fourth-order valence-electron chi connectivity index (χ4n) is 3.23. The molecule has 0 radical (unpaired) electrons. The van der Waals surface area contributed by atoms with Crippen molar-refractivity contribution in [3.05, 3.63) is 58.4 Å². The number of carbonyl (C=O) groups excluding carboxylic acids is 1. The van der Waals surface area contributed by atoms with Gasteiger partial charge in [-0.05, 0) is 54.2 Å². The maximum Gasteiger partial charge on any atom is 0.280 e. The quantitative estimate of drug-likeness (QED) is 0.357. The zero-order valence-electron chi connectivity index (χ0n) is 19.5. The van der Waals surface area contributed by atoms with Crippen LogP contribution in [0.3, 0.4) is 0 Å². The summed E-state index contributed by atoms with van der Waals surface area (Å²) in [7, 11) is 3.00. The number of halogens is 2. The van der Waals surface area contributed by atoms with Gasteiger partial charge >= 0.3 is 0 Å². The van der Waals surface area contributed by atoms with E-state index in [9.17, 15) is 13.6 Å². The lowest BCUT2D eigenvalue weighted by atomic mass is 9.95. The summed E-state index contributed by atoms with van der Waals surface area (Å²) in [6, 6.07) is 6.04. The molecule has 184 valence electrons. The number of aliphatic imine (C=N–C) groups is 1. The summed E-state index contributed by atoms with van der Waals surface area (Å²) in [4.78, 5) is 20.9. The number of benzene rings is 1. The molecule has 0 bridgehead atoms. The largest absolute Gasteiger partial charge is 0.494 e. The fourth-order valence-corrected chi connectivity index (χ4v) is 3.83. The molecule has 2 heterocycles. The molecule has 1 aliphatic carbocycles. The van der Waals surface area contributed by atoms with Gasteiger partial charge in [-0.25, -0.2) is 8.78 Å². The van der Waals surface area contributed by atoms with Crippen LogP contribution >= 0.6 is 11.3 Å². The van der Waals surface area contributed by atoms with Crippen LogP contribution in [-0.4, -0.2) is 41.5 Å². The van der Waals surface area contributed by atoms with Gasteiger partial charge in [0, 0.05) is 36.0 Å². The Morgan fingerprint density at radius 1 is 1.31 bits per heavy atom. The average molecular weight is 509 g/mol. The van der Waals surface area contributed by atoms with Crippen molar-refractivity contribution in [2.45, 2.75) is 19.3 Å². The van der Waals surface area contributed by atoms with Crippen LogP contribution in [0.4, 0.5) is 13.9 Å². The monoisotopic (exact) mass is 508 g/mol. The number of carbonyl (C=O) groups is 1. The van der Waals surface area contributed by atoms with Crippen LogP contribution in [-0.2, 0) is 0 Å². The first-order chi connectivity index (χ1) is 17.4. The summed E-state index contributed by atoms with van der Waals surface area (Å²) in [5, 5.41) is 11.5. The van der Waals surface area contributed by atoms with Crippen LogP contribution in [0.25, 0.3) is 16.8 Å². The van der Waals surface area contributed by atoms with Crippen molar-refractivity contribution in [1.82, 2.24) is 15.2 Å². The Morgan fingerprint density at radius 3 is 2.81 bits per heavy atom. The molecule has 1 fully saturated rings. The first-order valence-electron chi connectivity index (χ1n) is 10.9. The van der Waals surface area contributed by atoms with E-state index >= 15 is 0 Å². The first-order valence-corrected chi connectivity index (χ1v) is 11.7. The van der Waals surface area contributed by atoms with Gasteiger partial charge in [-0.3, -0.25) is 20.1 Å². The topological polar surface area (TPSA) is 115 Å². The van der Waals surface area contributed by atoms with E-state index in [0.717, 1.165) is 24.2 Å². The van der Waals surface area contributed by atoms with Crippen LogP contribution in [0.5, 0.6) is 5.75 Å². The SMILES string of the molecule is CN=C/C=C(\N)c1ccc(C(=O)Nc2nnc(C#CC3CC3)s2)c(-c2cc(C(F)F)ncc2OC)c1. The highest BCUT2D eigenvalue weighted by atomic mass is 32.1. The van der Waals surface area contributed by atoms with Crippen molar-refractivity contribution in [2.75, 3.05) is 19.5 Å². The molecule has 2 aromatic heterocycles. The van der Waals surface area contributed by atoms with E-state index in [4.69, 9.17) is 10.5 Å². The maximum atomic E-state index is 13.5. The maximum absolute atomic E-state index is 13.5. The molecule has 0 saturated heterocycles. The van der Waals surface area contributed by atoms with Gasteiger partial charge in [-0.15, -0.1) is 10.2 Å². The molecular weight excluding hydrogens is 486 g/mol. The van der Waals surface area contributed by atoms with Crippen LogP contribution in [0.1, 0.15) is 45.9 Å². The molecule has 36 heavy (non-hydrogen) atoms. The molecule has 0 spiro atoms. The highest BCUT2D eigenvalue weighted by Gasteiger charge is 2.22. The smallest absolute Gasteiger partial charge is 0.280 e. The van der Waals surface area contributed by atoms with Crippen LogP contribution in [0.15, 0.2) is 41.5 Å². The summed E-state index contributed by atoms with van der Waals surface area (Å²) in [6.07, 6.45) is 3.69. The van der Waals surface area contributed by atoms with Gasteiger partial charge in [0.05, 0.1) is 13.3 Å². The second kappa shape index (κ2) is 11.0. The zero-order valence-corrected chi connectivity index (χ0v) is 20.3. The Morgan fingerprint density at radius 2 is 2.11 bits per heavy atom. The summed E-state index contributed by atoms with van der Waals surface area (Å²) < 4.78 is 32.3. The third kappa shape index (κ3) is 5.90. The standard InChI is InChI=1S/C25H22F2N6O2S/c1-29-10-9-19(28)15-6-7-16(17(11-15)18-12-20(23(26)27)30-13-21(18)35-2)24(34)31-25-33-32-22(36-25)8-5-14-3-4-14/h6-7,9-14,23H,3-4,28H2,1-2H3,(H,31,33,34)/b19-9-,29-10?. The molecule has 3 N–H and O–H groups in total. The lowest BCUT2D eigenvalue weighted by Gasteiger charge is -2.15. The number of ether oxygens (including phenoxy) is 1. The number of alkyl halides is 2. The minimum Gasteiger partial charge on any atom is -0.494 e. The van der Waals surface area contributed by atoms with Crippen LogP contribution < -0.4 is 15.8 Å². The number of methoxy groups -OCH3 is 1. The van der Waals surface area contributed by atoms with Crippen LogP contribution in [0, 0.1) is 17.8 Å². The molecule has 8 nitrogen and oxygen atoms in total. The predicted molar refractivity (Wildman–Crippen MR) is 135 cm³/mol. The molecule has 1 aliphatic rings. The summed E-state index contributed by atoms with van der Waals surface area (Å²) in [5.41, 5.74) is 7.43. The van der Waals surface area contributed by atoms with E-state index in [1.807, 2.05) is 0 Å². The number of amides is 1. The van der Waals surface area contributed by atoms with Crippen molar-refractivity contribution < 1.29 is 18.3 Å². The normalized spacial score (nSPS) is 13.5. The first kappa shape index (κ1) is 24.9. The van der Waals surface area contributed by atoms with Crippen molar-refractivity contribution in [1.29, 1.82) is 0 Å². The molecule has 1 saturated carbocycles. The number of hydrogen-bond donors (Lipinski definition) is 2. The number of nitrogens with one attached hydrogen (secondary N) is 1. The van der Waals surface area contributed by atoms with E-state index in [1.54, 1.807) is 31.3 Å². The second-order valence-electron chi connectivity index (χ2n) is 7.81. The van der Waals surface area contributed by atoms with Crippen molar-refractivity contribution in [3.8, 4) is 28.7 Å². The molecule has 1 amide bonds. The summed E-state index contributed by atoms with van der Waals surface area (Å²) >= 11 is 1.15. The van der Waals surface area contributed by atoms with E-state index in [0.29, 0.717) is 27.7 Å². The third-order valence-electron chi connectivity index (χ3n) is 5.23. The number of anilines is 1. The Kier molecular flexibility index (Phi) is 7.65. The van der Waals surface area contributed by atoms with Crippen molar-refractivity contribution >= 4 is 34.3 Å². The van der Waals surface area contributed by atoms with Crippen molar-refractivity contribution in [2.24, 2.45) is 16.6 Å². The van der Waals surface area contributed by atoms with Gasteiger partial charge in [-0.1, -0.05) is 23.3 Å². The highest BCUT2D eigenvalue weighted by Crippen LogP contribution is 2.36. The second-order valence-corrected chi connectivity index (χ2v) is 8.79. The molecule has 11 heteroatoms. The summed E-state index contributed by atoms with van der Waals surface area (Å²) in [6.45, 7) is 0. The molecule has 0 atom stereocenters. The number of nitrogens with two attached hydrogens (primary N) is 1. The molecule has 4 rings (SSSR count). The highest BCUT2D eigenvalue weighted by molar-refractivity contribution is 7.15. The third-order valence-corrected chi connectivity index (χ3v) is 5.98. The lowest BCUT2D eigenvalue weighted by molar-refractivity contribution is 0.102. The van der Waals surface area contributed by atoms with E-state index < -0.39 is 18.0 Å². The Balaban J connectivity index is 1.75. The molecule has 1 aromatic carbocycles. The number of allylic oxidation sites excluding steroid dienone is 1. The van der Waals surface area contributed by atoms with E-state index in [2.05, 4.69) is 37.3 Å². The van der Waals surface area contributed by atoms with Gasteiger partial charge in [0.2, 0.25) is 5.13 Å². The number of rotatable bonds is 7. The average Bonchev–Trinajstić information content (AvgIpc) is 3.62. The predicted octanol–water partition coefficient (Wildman–Crippen LogP) is 4.56. The number of pyridine rings is 1. The Labute approximate surface area is 210 Å².